The number of thioether (sulfide) groups is 1. The highest BCUT2D eigenvalue weighted by atomic mass is 32.2. The molecule has 1 N–H and O–H groups in total. The lowest BCUT2D eigenvalue weighted by Gasteiger charge is -2.08. The SMILES string of the molecule is COc1ccc2nc(NC(=O)CSc3cc(C)c4cccc(C)c4n3)sc2c1. The Morgan fingerprint density at radius 2 is 2.00 bits per heavy atom. The van der Waals surface area contributed by atoms with E-state index in [1.165, 1.54) is 23.1 Å². The molecule has 7 heteroatoms. The number of methoxy groups -OCH3 is 1. The van der Waals surface area contributed by atoms with Gasteiger partial charge < -0.3 is 10.1 Å². The largest absolute Gasteiger partial charge is 0.497 e. The summed E-state index contributed by atoms with van der Waals surface area (Å²) in [5.41, 5.74) is 4.13. The van der Waals surface area contributed by atoms with Crippen molar-refractivity contribution in [3.63, 3.8) is 0 Å². The van der Waals surface area contributed by atoms with Crippen molar-refractivity contribution >= 4 is 55.3 Å². The van der Waals surface area contributed by atoms with Crippen molar-refractivity contribution in [2.24, 2.45) is 0 Å². The number of para-hydroxylation sites is 1. The van der Waals surface area contributed by atoms with Crippen LogP contribution in [-0.4, -0.2) is 28.7 Å². The van der Waals surface area contributed by atoms with E-state index >= 15 is 0 Å². The van der Waals surface area contributed by atoms with E-state index in [0.717, 1.165) is 43.0 Å². The molecule has 0 unspecified atom stereocenters. The van der Waals surface area contributed by atoms with Gasteiger partial charge in [0.05, 0.1) is 33.6 Å². The first-order valence-electron chi connectivity index (χ1n) is 8.77. The minimum atomic E-state index is -0.0969. The van der Waals surface area contributed by atoms with Crippen molar-refractivity contribution in [3.8, 4) is 5.75 Å². The molecule has 1 amide bonds. The van der Waals surface area contributed by atoms with E-state index in [0.29, 0.717) is 5.13 Å². The lowest BCUT2D eigenvalue weighted by Crippen LogP contribution is -2.13. The summed E-state index contributed by atoms with van der Waals surface area (Å²) in [5, 5.41) is 5.47. The summed E-state index contributed by atoms with van der Waals surface area (Å²) in [5.74, 6) is 0.960. The molecule has 0 spiro atoms. The summed E-state index contributed by atoms with van der Waals surface area (Å²) in [6, 6.07) is 13.9. The summed E-state index contributed by atoms with van der Waals surface area (Å²) in [6.45, 7) is 4.13. The Kier molecular flexibility index (Phi) is 5.19. The average Bonchev–Trinajstić information content (AvgIpc) is 3.08. The van der Waals surface area contributed by atoms with Crippen LogP contribution in [0.5, 0.6) is 5.75 Å². The molecule has 0 saturated carbocycles. The lowest BCUT2D eigenvalue weighted by atomic mass is 10.1. The third-order valence-electron chi connectivity index (χ3n) is 4.42. The van der Waals surface area contributed by atoms with Gasteiger partial charge in [0.2, 0.25) is 5.91 Å². The van der Waals surface area contributed by atoms with Crippen LogP contribution in [0.15, 0.2) is 47.5 Å². The lowest BCUT2D eigenvalue weighted by molar-refractivity contribution is -0.113. The van der Waals surface area contributed by atoms with Gasteiger partial charge in [-0.2, -0.15) is 0 Å². The van der Waals surface area contributed by atoms with Crippen molar-refractivity contribution in [2.45, 2.75) is 18.9 Å². The van der Waals surface area contributed by atoms with Gasteiger partial charge in [-0.3, -0.25) is 4.79 Å². The molecule has 142 valence electrons. The molecular weight excluding hydrogens is 390 g/mol. The highest BCUT2D eigenvalue weighted by Gasteiger charge is 2.11. The number of carbonyl (C=O) groups excluding carboxylic acids is 1. The number of nitrogens with zero attached hydrogens (tertiary/aromatic N) is 2. The predicted molar refractivity (Wildman–Crippen MR) is 117 cm³/mol. The second-order valence-corrected chi connectivity index (χ2v) is 8.46. The fourth-order valence-corrected chi connectivity index (χ4v) is 4.66. The second kappa shape index (κ2) is 7.77. The van der Waals surface area contributed by atoms with Crippen LogP contribution >= 0.6 is 23.1 Å². The molecule has 0 radical (unpaired) electrons. The summed E-state index contributed by atoms with van der Waals surface area (Å²) in [7, 11) is 1.63. The molecule has 2 aromatic heterocycles. The molecule has 4 aromatic rings. The topological polar surface area (TPSA) is 64.1 Å². The number of aromatic nitrogens is 2. The van der Waals surface area contributed by atoms with Crippen molar-refractivity contribution in [1.29, 1.82) is 0 Å². The van der Waals surface area contributed by atoms with Crippen molar-refractivity contribution in [2.75, 3.05) is 18.2 Å². The number of thiazole rings is 1. The van der Waals surface area contributed by atoms with Gasteiger partial charge in [0.15, 0.2) is 5.13 Å². The number of anilines is 1. The normalized spacial score (nSPS) is 11.1. The second-order valence-electron chi connectivity index (χ2n) is 6.44. The fourth-order valence-electron chi connectivity index (χ4n) is 2.99. The van der Waals surface area contributed by atoms with Crippen LogP contribution in [0.3, 0.4) is 0 Å². The van der Waals surface area contributed by atoms with Gasteiger partial charge in [0, 0.05) is 5.39 Å². The molecule has 0 aliphatic heterocycles. The van der Waals surface area contributed by atoms with Gasteiger partial charge in [-0.15, -0.1) is 0 Å². The van der Waals surface area contributed by atoms with Crippen molar-refractivity contribution in [1.82, 2.24) is 9.97 Å². The number of aryl methyl sites for hydroxylation is 2. The number of hydrogen-bond donors (Lipinski definition) is 1. The van der Waals surface area contributed by atoms with Crippen molar-refractivity contribution < 1.29 is 9.53 Å². The summed E-state index contributed by atoms with van der Waals surface area (Å²) in [4.78, 5) is 21.6. The molecule has 28 heavy (non-hydrogen) atoms. The molecule has 4 rings (SSSR count). The van der Waals surface area contributed by atoms with Gasteiger partial charge in [0.1, 0.15) is 5.75 Å². The van der Waals surface area contributed by atoms with Crippen LogP contribution in [0.2, 0.25) is 0 Å². The van der Waals surface area contributed by atoms with E-state index in [1.807, 2.05) is 30.3 Å². The molecule has 5 nitrogen and oxygen atoms in total. The zero-order valence-electron chi connectivity index (χ0n) is 15.8. The Labute approximate surface area is 171 Å². The minimum absolute atomic E-state index is 0.0969. The first-order valence-corrected chi connectivity index (χ1v) is 10.6. The van der Waals surface area contributed by atoms with Crippen LogP contribution < -0.4 is 10.1 Å². The summed E-state index contributed by atoms with van der Waals surface area (Å²) >= 11 is 2.87. The first-order chi connectivity index (χ1) is 13.5. The Morgan fingerprint density at radius 1 is 1.14 bits per heavy atom. The number of hydrogen-bond acceptors (Lipinski definition) is 6. The predicted octanol–water partition coefficient (Wildman–Crippen LogP) is 5.20. The Balaban J connectivity index is 1.46. The Bertz CT molecular complexity index is 1190. The molecular formula is C21H19N3O2S2. The van der Waals surface area contributed by atoms with Gasteiger partial charge in [-0.05, 0) is 49.2 Å². The van der Waals surface area contributed by atoms with E-state index in [1.54, 1.807) is 7.11 Å². The van der Waals surface area contributed by atoms with Crippen LogP contribution in [-0.2, 0) is 4.79 Å². The zero-order chi connectivity index (χ0) is 19.7. The molecule has 0 bridgehead atoms. The molecule has 2 heterocycles. The van der Waals surface area contributed by atoms with E-state index in [-0.39, 0.29) is 11.7 Å². The number of carbonyl (C=O) groups is 1. The van der Waals surface area contributed by atoms with E-state index < -0.39 is 0 Å². The van der Waals surface area contributed by atoms with Crippen LogP contribution in [0.25, 0.3) is 21.1 Å². The Morgan fingerprint density at radius 3 is 2.82 bits per heavy atom. The van der Waals surface area contributed by atoms with Gasteiger partial charge in [-0.25, -0.2) is 9.97 Å². The monoisotopic (exact) mass is 409 g/mol. The highest BCUT2D eigenvalue weighted by Crippen LogP contribution is 2.30. The molecule has 0 saturated heterocycles. The standard InChI is InChI=1S/C21H19N3O2S2/c1-12-5-4-6-15-13(2)9-19(24-20(12)15)27-11-18(25)23-21-22-16-8-7-14(26-3)10-17(16)28-21/h4-10H,11H2,1-3H3,(H,22,23,25). The van der Waals surface area contributed by atoms with Crippen LogP contribution in [0.4, 0.5) is 5.13 Å². The number of benzene rings is 2. The Hall–Kier alpha value is -2.64. The maximum atomic E-state index is 12.4. The number of amides is 1. The van der Waals surface area contributed by atoms with Gasteiger partial charge in [-0.1, -0.05) is 41.3 Å². The minimum Gasteiger partial charge on any atom is -0.497 e. The highest BCUT2D eigenvalue weighted by molar-refractivity contribution is 7.99. The number of nitrogens with one attached hydrogen (secondary N) is 1. The molecule has 0 fully saturated rings. The van der Waals surface area contributed by atoms with Crippen molar-refractivity contribution in [3.05, 3.63) is 53.6 Å². The number of pyridine rings is 1. The maximum Gasteiger partial charge on any atom is 0.236 e. The third-order valence-corrected chi connectivity index (χ3v) is 6.26. The zero-order valence-corrected chi connectivity index (χ0v) is 17.4. The number of fused-ring (bicyclic) bond motifs is 2. The number of ether oxygens (including phenoxy) is 1. The fraction of sp³-hybridized carbons (Fsp3) is 0.190. The first kappa shape index (κ1) is 18.7. The number of rotatable bonds is 5. The third kappa shape index (κ3) is 3.81. The van der Waals surface area contributed by atoms with Crippen LogP contribution in [0, 0.1) is 13.8 Å². The molecule has 0 aliphatic carbocycles. The summed E-state index contributed by atoms with van der Waals surface area (Å²) < 4.78 is 6.21. The average molecular weight is 410 g/mol. The van der Waals surface area contributed by atoms with E-state index in [4.69, 9.17) is 9.72 Å². The van der Waals surface area contributed by atoms with E-state index in [9.17, 15) is 4.79 Å². The van der Waals surface area contributed by atoms with Crippen LogP contribution in [0.1, 0.15) is 11.1 Å². The van der Waals surface area contributed by atoms with Gasteiger partial charge >= 0.3 is 0 Å². The quantitative estimate of drug-likeness (QED) is 0.459. The molecule has 0 aliphatic rings. The van der Waals surface area contributed by atoms with E-state index in [2.05, 4.69) is 36.3 Å². The van der Waals surface area contributed by atoms with Gasteiger partial charge in [0.25, 0.3) is 0 Å². The summed E-state index contributed by atoms with van der Waals surface area (Å²) in [6.07, 6.45) is 0. The molecule has 2 aromatic carbocycles. The smallest absolute Gasteiger partial charge is 0.236 e. The molecule has 0 atom stereocenters. The maximum absolute atomic E-state index is 12.4.